The van der Waals surface area contributed by atoms with Crippen molar-refractivity contribution >= 4 is 0 Å². The van der Waals surface area contributed by atoms with Gasteiger partial charge in [0.1, 0.15) is 6.10 Å². The van der Waals surface area contributed by atoms with Gasteiger partial charge in [-0.3, -0.25) is 0 Å². The normalized spacial score (nSPS) is 15.1. The molecule has 5 nitrogen and oxygen atoms in total. The first-order valence-corrected chi connectivity index (χ1v) is 8.09. The molecule has 0 aromatic carbocycles. The smallest absolute Gasteiger partial charge is 0.228 e. The van der Waals surface area contributed by atoms with E-state index in [1.54, 1.807) is 0 Å². The minimum Gasteiger partial charge on any atom is -0.370 e. The third kappa shape index (κ3) is 5.75. The van der Waals surface area contributed by atoms with Gasteiger partial charge in [0, 0.05) is 19.1 Å². The first-order valence-electron chi connectivity index (χ1n) is 8.09. The van der Waals surface area contributed by atoms with E-state index in [1.165, 1.54) is 0 Å². The van der Waals surface area contributed by atoms with Gasteiger partial charge in [0.05, 0.1) is 0 Å². The molecule has 0 aliphatic carbocycles. The summed E-state index contributed by atoms with van der Waals surface area (Å²) in [5, 5.41) is 7.61. The number of rotatable bonds is 9. The Morgan fingerprint density at radius 1 is 1.24 bits per heavy atom. The summed E-state index contributed by atoms with van der Waals surface area (Å²) in [4.78, 5) is 4.54. The lowest BCUT2D eigenvalue weighted by Gasteiger charge is -2.30. The zero-order chi connectivity index (χ0) is 15.9. The molecule has 1 rings (SSSR count). The monoisotopic (exact) mass is 297 g/mol. The summed E-state index contributed by atoms with van der Waals surface area (Å²) in [7, 11) is 0. The molecule has 5 heteroatoms. The molecule has 1 aromatic rings. The molecule has 1 N–H and O–H groups in total. The highest BCUT2D eigenvalue weighted by Crippen LogP contribution is 2.24. The lowest BCUT2D eigenvalue weighted by atomic mass is 9.84. The van der Waals surface area contributed by atoms with Gasteiger partial charge in [0.2, 0.25) is 11.7 Å². The highest BCUT2D eigenvalue weighted by molar-refractivity contribution is 4.95. The van der Waals surface area contributed by atoms with Crippen LogP contribution in [0.2, 0.25) is 0 Å². The van der Waals surface area contributed by atoms with E-state index in [1.807, 2.05) is 6.92 Å². The molecule has 21 heavy (non-hydrogen) atoms. The van der Waals surface area contributed by atoms with Crippen LogP contribution in [-0.4, -0.2) is 29.3 Å². The van der Waals surface area contributed by atoms with Crippen LogP contribution >= 0.6 is 0 Å². The summed E-state index contributed by atoms with van der Waals surface area (Å²) in [6, 6.07) is 0.313. The Balaban J connectivity index is 2.76. The van der Waals surface area contributed by atoms with Crippen molar-refractivity contribution in [2.75, 3.05) is 13.2 Å². The van der Waals surface area contributed by atoms with Crippen LogP contribution in [0, 0.1) is 5.41 Å². The van der Waals surface area contributed by atoms with E-state index in [0.29, 0.717) is 24.4 Å². The highest BCUT2D eigenvalue weighted by Gasteiger charge is 2.27. The van der Waals surface area contributed by atoms with Gasteiger partial charge in [0.15, 0.2) is 0 Å². The molecule has 2 unspecified atom stereocenters. The molecule has 0 amide bonds. The Morgan fingerprint density at radius 2 is 1.95 bits per heavy atom. The zero-order valence-corrected chi connectivity index (χ0v) is 14.4. The van der Waals surface area contributed by atoms with Crippen LogP contribution in [0.1, 0.15) is 72.2 Å². The van der Waals surface area contributed by atoms with Crippen LogP contribution in [0.3, 0.4) is 0 Å². The number of nitrogens with zero attached hydrogens (tertiary/aromatic N) is 2. The molecular formula is C16H31N3O2. The van der Waals surface area contributed by atoms with E-state index in [9.17, 15) is 0 Å². The van der Waals surface area contributed by atoms with Crippen molar-refractivity contribution in [3.05, 3.63) is 11.7 Å². The maximum atomic E-state index is 5.70. The van der Waals surface area contributed by atoms with Crippen LogP contribution in [-0.2, 0) is 11.2 Å². The maximum Gasteiger partial charge on any atom is 0.228 e. The molecule has 0 saturated heterocycles. The SMILES string of the molecule is CCCC(OCC)c1noc(CC(NCC)C(C)(C)C)n1. The van der Waals surface area contributed by atoms with E-state index in [-0.39, 0.29) is 11.5 Å². The minimum absolute atomic E-state index is 0.0512. The Kier molecular flexibility index (Phi) is 7.32. The average molecular weight is 297 g/mol. The van der Waals surface area contributed by atoms with E-state index < -0.39 is 0 Å². The highest BCUT2D eigenvalue weighted by atomic mass is 16.5. The van der Waals surface area contributed by atoms with Crippen molar-refractivity contribution in [1.82, 2.24) is 15.5 Å². The number of hydrogen-bond acceptors (Lipinski definition) is 5. The summed E-state index contributed by atoms with van der Waals surface area (Å²) < 4.78 is 11.1. The van der Waals surface area contributed by atoms with Crippen LogP contribution in [0.15, 0.2) is 4.52 Å². The van der Waals surface area contributed by atoms with Gasteiger partial charge >= 0.3 is 0 Å². The lowest BCUT2D eigenvalue weighted by Crippen LogP contribution is -2.41. The van der Waals surface area contributed by atoms with E-state index >= 15 is 0 Å². The second-order valence-corrected chi connectivity index (χ2v) is 6.46. The topological polar surface area (TPSA) is 60.2 Å². The van der Waals surface area contributed by atoms with Crippen LogP contribution in [0.5, 0.6) is 0 Å². The van der Waals surface area contributed by atoms with Gasteiger partial charge in [0.25, 0.3) is 0 Å². The molecular weight excluding hydrogens is 266 g/mol. The minimum atomic E-state index is -0.0512. The van der Waals surface area contributed by atoms with Gasteiger partial charge in [-0.2, -0.15) is 4.98 Å². The molecule has 0 fully saturated rings. The van der Waals surface area contributed by atoms with Gasteiger partial charge in [-0.15, -0.1) is 0 Å². The number of aromatic nitrogens is 2. The van der Waals surface area contributed by atoms with Crippen molar-refractivity contribution in [3.63, 3.8) is 0 Å². The third-order valence-corrected chi connectivity index (χ3v) is 3.57. The van der Waals surface area contributed by atoms with E-state index in [4.69, 9.17) is 9.26 Å². The number of ether oxygens (including phenoxy) is 1. The van der Waals surface area contributed by atoms with Crippen molar-refractivity contribution < 1.29 is 9.26 Å². The first-order chi connectivity index (χ1) is 9.92. The van der Waals surface area contributed by atoms with Crippen molar-refractivity contribution in [3.8, 4) is 0 Å². The van der Waals surface area contributed by atoms with Gasteiger partial charge in [-0.25, -0.2) is 0 Å². The van der Waals surface area contributed by atoms with E-state index in [2.05, 4.69) is 50.1 Å². The predicted octanol–water partition coefficient (Wildman–Crippen LogP) is 3.51. The number of nitrogens with one attached hydrogen (secondary N) is 1. The van der Waals surface area contributed by atoms with Gasteiger partial charge in [-0.1, -0.05) is 46.2 Å². The van der Waals surface area contributed by atoms with Gasteiger partial charge in [-0.05, 0) is 25.3 Å². The molecule has 0 aliphatic rings. The van der Waals surface area contributed by atoms with Gasteiger partial charge < -0.3 is 14.6 Å². The molecule has 0 spiro atoms. The molecule has 0 aliphatic heterocycles. The molecule has 122 valence electrons. The molecule has 0 saturated carbocycles. The second kappa shape index (κ2) is 8.49. The third-order valence-electron chi connectivity index (χ3n) is 3.57. The Labute approximate surface area is 128 Å². The molecule has 0 bridgehead atoms. The molecule has 1 aromatic heterocycles. The average Bonchev–Trinajstić information content (AvgIpc) is 2.85. The lowest BCUT2D eigenvalue weighted by molar-refractivity contribution is 0.0477. The largest absolute Gasteiger partial charge is 0.370 e. The molecule has 1 heterocycles. The van der Waals surface area contributed by atoms with Crippen LogP contribution in [0.4, 0.5) is 0 Å². The molecule has 0 radical (unpaired) electrons. The van der Waals surface area contributed by atoms with Crippen molar-refractivity contribution in [1.29, 1.82) is 0 Å². The zero-order valence-electron chi connectivity index (χ0n) is 14.4. The number of likely N-dealkylation sites (N-methyl/N-ethyl adjacent to an activating group) is 1. The van der Waals surface area contributed by atoms with Crippen LogP contribution in [0.25, 0.3) is 0 Å². The van der Waals surface area contributed by atoms with Crippen molar-refractivity contribution in [2.24, 2.45) is 5.41 Å². The fourth-order valence-corrected chi connectivity index (χ4v) is 2.34. The fourth-order valence-electron chi connectivity index (χ4n) is 2.34. The standard InChI is InChI=1S/C16H31N3O2/c1-7-10-12(20-9-3)15-18-14(21-19-15)11-13(17-8-2)16(4,5)6/h12-13,17H,7-11H2,1-6H3. The Morgan fingerprint density at radius 3 is 2.48 bits per heavy atom. The summed E-state index contributed by atoms with van der Waals surface area (Å²) in [6.45, 7) is 14.5. The second-order valence-electron chi connectivity index (χ2n) is 6.46. The Hall–Kier alpha value is -0.940. The summed E-state index contributed by atoms with van der Waals surface area (Å²) in [6.07, 6.45) is 2.65. The quantitative estimate of drug-likeness (QED) is 0.755. The summed E-state index contributed by atoms with van der Waals surface area (Å²) in [5.74, 6) is 1.37. The van der Waals surface area contributed by atoms with Crippen molar-refractivity contribution in [2.45, 2.75) is 73.0 Å². The van der Waals surface area contributed by atoms with Crippen LogP contribution < -0.4 is 5.32 Å². The molecule has 2 atom stereocenters. The first kappa shape index (κ1) is 18.1. The number of hydrogen-bond donors (Lipinski definition) is 1. The fraction of sp³-hybridized carbons (Fsp3) is 0.875. The maximum absolute atomic E-state index is 5.70. The summed E-state index contributed by atoms with van der Waals surface area (Å²) in [5.41, 5.74) is 0.146. The Bertz CT molecular complexity index is 392. The van der Waals surface area contributed by atoms with E-state index in [0.717, 1.165) is 25.8 Å². The predicted molar refractivity (Wildman–Crippen MR) is 84.2 cm³/mol. The summed E-state index contributed by atoms with van der Waals surface area (Å²) >= 11 is 0.